The van der Waals surface area contributed by atoms with Crippen LogP contribution in [0.5, 0.6) is 5.75 Å². The predicted molar refractivity (Wildman–Crippen MR) is 135 cm³/mol. The summed E-state index contributed by atoms with van der Waals surface area (Å²) in [5.41, 5.74) is 2.11. The zero-order valence-electron chi connectivity index (χ0n) is 20.9. The molecule has 0 saturated heterocycles. The second-order valence-corrected chi connectivity index (χ2v) is 9.69. The normalized spacial score (nSPS) is 12.6. The Morgan fingerprint density at radius 3 is 2.41 bits per heavy atom. The van der Waals surface area contributed by atoms with Crippen molar-refractivity contribution in [2.24, 2.45) is 0 Å². The summed E-state index contributed by atoms with van der Waals surface area (Å²) in [6, 6.07) is 14.5. The highest BCUT2D eigenvalue weighted by Gasteiger charge is 2.27. The average Bonchev–Trinajstić information content (AvgIpc) is 3.14. The molecule has 0 aliphatic heterocycles. The van der Waals surface area contributed by atoms with E-state index in [-0.39, 0.29) is 5.91 Å². The zero-order valence-corrected chi connectivity index (χ0v) is 20.9. The first-order valence-electron chi connectivity index (χ1n) is 11.5. The van der Waals surface area contributed by atoms with Crippen LogP contribution in [0.2, 0.25) is 0 Å². The second-order valence-electron chi connectivity index (χ2n) is 9.69. The van der Waals surface area contributed by atoms with Gasteiger partial charge in [0.2, 0.25) is 0 Å². The summed E-state index contributed by atoms with van der Waals surface area (Å²) in [5, 5.41) is 3.77. The quantitative estimate of drug-likeness (QED) is 0.529. The van der Waals surface area contributed by atoms with Gasteiger partial charge in [-0.15, -0.1) is 0 Å². The van der Waals surface area contributed by atoms with Crippen molar-refractivity contribution in [2.45, 2.75) is 45.3 Å². The Morgan fingerprint density at radius 2 is 1.79 bits per heavy atom. The van der Waals surface area contributed by atoms with Crippen molar-refractivity contribution >= 4 is 22.9 Å². The summed E-state index contributed by atoms with van der Waals surface area (Å²) < 4.78 is 12.5. The number of hydrogen-bond acceptors (Lipinski definition) is 5. The zero-order chi connectivity index (χ0) is 24.9. The molecule has 1 atom stereocenters. The summed E-state index contributed by atoms with van der Waals surface area (Å²) in [6.45, 7) is 6.23. The number of benzene rings is 2. The summed E-state index contributed by atoms with van der Waals surface area (Å²) in [5.74, 6) is 0.512. The lowest BCUT2D eigenvalue weighted by Gasteiger charge is -2.23. The van der Waals surface area contributed by atoms with E-state index in [0.717, 1.165) is 40.7 Å². The molecule has 1 aromatic heterocycles. The van der Waals surface area contributed by atoms with Crippen LogP contribution in [0.3, 0.4) is 0 Å². The molecule has 0 fully saturated rings. The maximum Gasteiger partial charge on any atom is 0.408 e. The van der Waals surface area contributed by atoms with Crippen molar-refractivity contribution in [1.29, 1.82) is 0 Å². The molecule has 7 heteroatoms. The number of fused-ring (bicyclic) bond motifs is 1. The molecule has 0 saturated carbocycles. The summed E-state index contributed by atoms with van der Waals surface area (Å²) >= 11 is 0. The second kappa shape index (κ2) is 10.7. The molecule has 0 aliphatic rings. The van der Waals surface area contributed by atoms with Crippen LogP contribution in [-0.4, -0.2) is 60.9 Å². The van der Waals surface area contributed by atoms with Crippen molar-refractivity contribution in [3.63, 3.8) is 0 Å². The first kappa shape index (κ1) is 25.3. The molecule has 34 heavy (non-hydrogen) atoms. The number of nitrogens with one attached hydrogen (secondary N) is 1. The van der Waals surface area contributed by atoms with E-state index in [4.69, 9.17) is 9.47 Å². The van der Waals surface area contributed by atoms with E-state index in [9.17, 15) is 9.59 Å². The minimum Gasteiger partial charge on any atom is -0.497 e. The summed E-state index contributed by atoms with van der Waals surface area (Å²) in [4.78, 5) is 28.5. The number of aromatic nitrogens is 1. The Bertz CT molecular complexity index is 1130. The Hall–Kier alpha value is -3.32. The van der Waals surface area contributed by atoms with E-state index in [2.05, 4.69) is 10.2 Å². The highest BCUT2D eigenvalue weighted by Crippen LogP contribution is 2.27. The number of ether oxygens (including phenoxy) is 2. The van der Waals surface area contributed by atoms with Crippen molar-refractivity contribution in [2.75, 3.05) is 27.7 Å². The predicted octanol–water partition coefficient (Wildman–Crippen LogP) is 4.53. The van der Waals surface area contributed by atoms with E-state index in [1.54, 1.807) is 32.4 Å². The molecular formula is C27H35N3O4. The molecule has 1 heterocycles. The topological polar surface area (TPSA) is 72.8 Å². The molecule has 1 N–H and O–H groups in total. The lowest BCUT2D eigenvalue weighted by molar-refractivity contribution is 0.0483. The fourth-order valence-corrected chi connectivity index (χ4v) is 3.80. The first-order chi connectivity index (χ1) is 16.1. The maximum absolute atomic E-state index is 13.8. The summed E-state index contributed by atoms with van der Waals surface area (Å²) in [7, 11) is 5.67. The Labute approximate surface area is 201 Å². The molecule has 0 radical (unpaired) electrons. The number of likely N-dealkylation sites (N-methyl/N-ethyl adjacent to an activating group) is 1. The van der Waals surface area contributed by atoms with Gasteiger partial charge in [-0.2, -0.15) is 0 Å². The molecule has 3 aromatic rings. The van der Waals surface area contributed by atoms with E-state index >= 15 is 0 Å². The van der Waals surface area contributed by atoms with E-state index < -0.39 is 17.7 Å². The highest BCUT2D eigenvalue weighted by atomic mass is 16.6. The molecule has 7 nitrogen and oxygen atoms in total. The molecule has 0 aliphatic carbocycles. The first-order valence-corrected chi connectivity index (χ1v) is 11.5. The number of hydrogen-bond donors (Lipinski definition) is 1. The van der Waals surface area contributed by atoms with Crippen LogP contribution in [0.15, 0.2) is 54.7 Å². The van der Waals surface area contributed by atoms with Gasteiger partial charge >= 0.3 is 6.09 Å². The van der Waals surface area contributed by atoms with Gasteiger partial charge in [0.05, 0.1) is 12.6 Å². The molecule has 0 spiro atoms. The van der Waals surface area contributed by atoms with Crippen LogP contribution in [0.25, 0.3) is 10.9 Å². The van der Waals surface area contributed by atoms with Crippen LogP contribution >= 0.6 is 0 Å². The Kier molecular flexibility index (Phi) is 7.99. The molecule has 0 bridgehead atoms. The van der Waals surface area contributed by atoms with Gasteiger partial charge in [0.15, 0.2) is 0 Å². The summed E-state index contributed by atoms with van der Waals surface area (Å²) in [6.07, 6.45) is 2.39. The number of amides is 1. The Balaban J connectivity index is 1.99. The molecule has 1 amide bonds. The number of carbonyl (C=O) groups is 2. The van der Waals surface area contributed by atoms with Gasteiger partial charge in [-0.1, -0.05) is 30.3 Å². The molecule has 2 aromatic carbocycles. The van der Waals surface area contributed by atoms with Crippen molar-refractivity contribution in [1.82, 2.24) is 14.8 Å². The van der Waals surface area contributed by atoms with Gasteiger partial charge in [0, 0.05) is 24.5 Å². The van der Waals surface area contributed by atoms with E-state index in [1.165, 1.54) is 0 Å². The van der Waals surface area contributed by atoms with Crippen LogP contribution in [-0.2, 0) is 17.6 Å². The number of alkyl carbamates (subject to hydrolysis) is 1. The van der Waals surface area contributed by atoms with Crippen molar-refractivity contribution in [3.05, 3.63) is 65.9 Å². The van der Waals surface area contributed by atoms with Gasteiger partial charge in [-0.25, -0.2) is 4.79 Å². The van der Waals surface area contributed by atoms with Gasteiger partial charge in [0.25, 0.3) is 5.91 Å². The smallest absolute Gasteiger partial charge is 0.408 e. The van der Waals surface area contributed by atoms with Crippen LogP contribution in [0.1, 0.15) is 36.7 Å². The van der Waals surface area contributed by atoms with Crippen LogP contribution in [0.4, 0.5) is 4.79 Å². The molecule has 0 unspecified atom stereocenters. The number of carbonyl (C=O) groups excluding carboxylic acids is 2. The van der Waals surface area contributed by atoms with Crippen molar-refractivity contribution in [3.8, 4) is 5.75 Å². The van der Waals surface area contributed by atoms with Gasteiger partial charge in [-0.3, -0.25) is 9.36 Å². The number of rotatable bonds is 8. The highest BCUT2D eigenvalue weighted by molar-refractivity contribution is 5.98. The lowest BCUT2D eigenvalue weighted by atomic mass is 10.1. The van der Waals surface area contributed by atoms with Crippen LogP contribution < -0.4 is 10.1 Å². The van der Waals surface area contributed by atoms with Crippen molar-refractivity contribution < 1.29 is 19.1 Å². The third kappa shape index (κ3) is 6.60. The molecular weight excluding hydrogens is 430 g/mol. The van der Waals surface area contributed by atoms with Gasteiger partial charge in [-0.05, 0) is 70.6 Å². The van der Waals surface area contributed by atoms with Gasteiger partial charge in [0.1, 0.15) is 17.4 Å². The Morgan fingerprint density at radius 1 is 1.09 bits per heavy atom. The molecule has 182 valence electrons. The SMILES string of the molecule is COc1ccc2c(c1)c(CCN(C)C)cn2C(=O)[C@H](Cc1ccccc1)NC(=O)OC(C)(C)C. The third-order valence-electron chi connectivity index (χ3n) is 5.43. The maximum atomic E-state index is 13.8. The van der Waals surface area contributed by atoms with Crippen LogP contribution in [0, 0.1) is 0 Å². The number of methoxy groups -OCH3 is 1. The minimum atomic E-state index is -0.795. The average molecular weight is 466 g/mol. The molecule has 3 rings (SSSR count). The fourth-order valence-electron chi connectivity index (χ4n) is 3.80. The third-order valence-corrected chi connectivity index (χ3v) is 5.43. The van der Waals surface area contributed by atoms with Gasteiger partial charge < -0.3 is 19.7 Å². The lowest BCUT2D eigenvalue weighted by Crippen LogP contribution is -2.46. The monoisotopic (exact) mass is 465 g/mol. The fraction of sp³-hybridized carbons (Fsp3) is 0.407. The largest absolute Gasteiger partial charge is 0.497 e. The minimum absolute atomic E-state index is 0.221. The van der Waals surface area contributed by atoms with E-state index in [1.807, 2.05) is 68.8 Å². The number of nitrogens with zero attached hydrogens (tertiary/aromatic N) is 2. The van der Waals surface area contributed by atoms with E-state index in [0.29, 0.717) is 6.42 Å². The standard InChI is InChI=1S/C27H35N3O4/c1-27(2,3)34-26(32)28-23(16-19-10-8-7-9-11-19)25(31)30-18-20(14-15-29(4)5)22-17-21(33-6)12-13-24(22)30/h7-13,17-18,23H,14-16H2,1-6H3,(H,28,32)/t23-/m0/s1.